The molecule has 0 heterocycles. The minimum atomic E-state index is -0.585. The van der Waals surface area contributed by atoms with Gasteiger partial charge in [0.15, 0.2) is 0 Å². The van der Waals surface area contributed by atoms with Crippen LogP contribution in [0.2, 0.25) is 0 Å². The topological polar surface area (TPSA) is 122 Å². The molecule has 0 spiro atoms. The van der Waals surface area contributed by atoms with Crippen molar-refractivity contribution in [3.8, 4) is 0 Å². The Hall–Kier alpha value is -2.97. The summed E-state index contributed by atoms with van der Waals surface area (Å²) in [6.45, 7) is 11.1. The van der Waals surface area contributed by atoms with Crippen LogP contribution in [0.4, 0.5) is 5.69 Å². The van der Waals surface area contributed by atoms with E-state index in [1.54, 1.807) is 0 Å². The highest BCUT2D eigenvalue weighted by molar-refractivity contribution is 5.89. The molecule has 9 nitrogen and oxygen atoms in total. The molecule has 0 N–H and O–H groups in total. The number of esters is 3. The molecule has 5 aliphatic rings. The fourth-order valence-corrected chi connectivity index (χ4v) is 7.51. The van der Waals surface area contributed by atoms with E-state index < -0.39 is 39.9 Å². The molecule has 0 saturated heterocycles. The van der Waals surface area contributed by atoms with Gasteiger partial charge in [0.1, 0.15) is 18.3 Å². The molecule has 0 aliphatic heterocycles. The lowest BCUT2D eigenvalue weighted by Crippen LogP contribution is -2.72. The Kier molecular flexibility index (Phi) is 6.18. The third kappa shape index (κ3) is 3.98. The smallest absolute Gasteiger partial charge is 0.338 e. The van der Waals surface area contributed by atoms with Gasteiger partial charge in [-0.2, -0.15) is 0 Å². The highest BCUT2D eigenvalue weighted by Crippen LogP contribution is 2.74. The summed E-state index contributed by atoms with van der Waals surface area (Å²) in [4.78, 5) is 47.5. The number of fused-ring (bicyclic) bond motifs is 5. The number of hydrogen-bond acceptors (Lipinski definition) is 8. The Balaban J connectivity index is 1.69. The van der Waals surface area contributed by atoms with Crippen molar-refractivity contribution >= 4 is 23.6 Å². The van der Waals surface area contributed by atoms with E-state index in [1.807, 2.05) is 0 Å². The molecule has 35 heavy (non-hydrogen) atoms. The molecule has 1 aromatic carbocycles. The number of non-ortho nitro benzene ring substituents is 1. The average molecular weight is 488 g/mol. The minimum Gasteiger partial charge on any atom is -0.462 e. The lowest BCUT2D eigenvalue weighted by Gasteiger charge is -2.70. The van der Waals surface area contributed by atoms with Crippen LogP contribution < -0.4 is 0 Å². The van der Waals surface area contributed by atoms with Crippen molar-refractivity contribution in [2.75, 3.05) is 0 Å². The van der Waals surface area contributed by atoms with Crippen molar-refractivity contribution in [1.29, 1.82) is 0 Å². The van der Waals surface area contributed by atoms with Gasteiger partial charge in [-0.3, -0.25) is 19.7 Å². The maximum Gasteiger partial charge on any atom is 0.338 e. The van der Waals surface area contributed by atoms with Gasteiger partial charge in [-0.15, -0.1) is 0 Å². The summed E-state index contributed by atoms with van der Waals surface area (Å²) in [7, 11) is 0. The SMILES string of the molecule is CC(=O)O[C@@H]1C[C@H](C)[C@H]2[C@H]3[C@@H]1[C@]2(C)[C@H](OC(C)=O)C[C@@H](OC(=O)c1ccc([N+](=O)[O-])cc1)C3(C)C. The zero-order valence-corrected chi connectivity index (χ0v) is 21.0. The van der Waals surface area contributed by atoms with Crippen LogP contribution in [0.5, 0.6) is 0 Å². The zero-order valence-electron chi connectivity index (χ0n) is 21.0. The first-order valence-corrected chi connectivity index (χ1v) is 12.1. The lowest BCUT2D eigenvalue weighted by atomic mass is 9.35. The predicted octanol–water partition coefficient (Wildman–Crippen LogP) is 4.32. The van der Waals surface area contributed by atoms with Gasteiger partial charge in [0, 0.05) is 49.1 Å². The van der Waals surface area contributed by atoms with Gasteiger partial charge in [0.05, 0.1) is 10.5 Å². The van der Waals surface area contributed by atoms with Crippen LogP contribution in [0.15, 0.2) is 24.3 Å². The van der Waals surface area contributed by atoms with Gasteiger partial charge in [-0.1, -0.05) is 27.7 Å². The summed E-state index contributed by atoms with van der Waals surface area (Å²) in [5, 5.41) is 10.9. The highest BCUT2D eigenvalue weighted by atomic mass is 16.6. The quantitative estimate of drug-likeness (QED) is 0.260. The summed E-state index contributed by atoms with van der Waals surface area (Å²) >= 11 is 0. The van der Waals surface area contributed by atoms with Gasteiger partial charge in [0.2, 0.25) is 0 Å². The fraction of sp³-hybridized carbons (Fsp3) is 0.654. The molecule has 8 atom stereocenters. The number of nitro groups is 1. The fourth-order valence-electron chi connectivity index (χ4n) is 7.51. The first-order valence-electron chi connectivity index (χ1n) is 12.1. The van der Waals surface area contributed by atoms with Gasteiger partial charge in [-0.05, 0) is 36.3 Å². The second kappa shape index (κ2) is 8.60. The van der Waals surface area contributed by atoms with E-state index in [-0.39, 0.29) is 47.0 Å². The van der Waals surface area contributed by atoms with E-state index in [4.69, 9.17) is 14.2 Å². The maximum absolute atomic E-state index is 13.1. The molecule has 0 amide bonds. The third-order valence-electron chi connectivity index (χ3n) is 8.83. The summed E-state index contributed by atoms with van der Waals surface area (Å²) < 4.78 is 17.7. The van der Waals surface area contributed by atoms with E-state index in [9.17, 15) is 24.5 Å². The van der Waals surface area contributed by atoms with E-state index in [1.165, 1.54) is 38.1 Å². The summed E-state index contributed by atoms with van der Waals surface area (Å²) in [5.41, 5.74) is -0.810. The Morgan fingerprint density at radius 3 is 2.03 bits per heavy atom. The second-order valence-corrected chi connectivity index (χ2v) is 11.2. The Labute approximate surface area is 204 Å². The molecule has 5 aliphatic carbocycles. The molecule has 9 heteroatoms. The van der Waals surface area contributed by atoms with Crippen molar-refractivity contribution in [2.24, 2.45) is 34.5 Å². The Bertz CT molecular complexity index is 1050. The van der Waals surface area contributed by atoms with Crippen molar-refractivity contribution in [3.05, 3.63) is 39.9 Å². The molecule has 5 saturated carbocycles. The summed E-state index contributed by atoms with van der Waals surface area (Å²) in [6, 6.07) is 5.29. The number of carbonyl (C=O) groups is 3. The molecule has 5 fully saturated rings. The number of benzene rings is 1. The molecule has 6 rings (SSSR count). The van der Waals surface area contributed by atoms with Gasteiger partial charge in [0.25, 0.3) is 5.69 Å². The molecule has 0 unspecified atom stereocenters. The number of nitro benzene ring substituents is 1. The standard InChI is InChI=1S/C26H33NO8/c1-13-11-18(33-14(2)28)22-23-21(13)26(22,6)20(34-15(3)29)12-19(25(23,4)5)35-24(30)16-7-9-17(10-8-16)27(31)32/h7-10,13,18-23H,11-12H2,1-6H3/t13-,18+,19+,20+,21-,22+,23-,26+/m0/s1. The van der Waals surface area contributed by atoms with Crippen molar-refractivity contribution in [2.45, 2.75) is 72.7 Å². The highest BCUT2D eigenvalue weighted by Gasteiger charge is 2.76. The largest absolute Gasteiger partial charge is 0.462 e. The molecule has 1 aromatic rings. The average Bonchev–Trinajstić information content (AvgIpc) is 2.85. The number of nitrogens with zero attached hydrogens (tertiary/aromatic N) is 1. The van der Waals surface area contributed by atoms with Crippen LogP contribution in [-0.2, 0) is 23.8 Å². The normalized spacial score (nSPS) is 36.7. The monoisotopic (exact) mass is 487 g/mol. The van der Waals surface area contributed by atoms with Crippen LogP contribution >= 0.6 is 0 Å². The van der Waals surface area contributed by atoms with Crippen molar-refractivity contribution in [1.82, 2.24) is 0 Å². The van der Waals surface area contributed by atoms with Gasteiger partial charge < -0.3 is 14.2 Å². The number of rotatable bonds is 5. The van der Waals surface area contributed by atoms with Crippen LogP contribution in [-0.4, -0.2) is 41.1 Å². The summed E-state index contributed by atoms with van der Waals surface area (Å²) in [5.74, 6) is -0.836. The number of carbonyl (C=O) groups excluding carboxylic acids is 3. The van der Waals surface area contributed by atoms with E-state index in [0.29, 0.717) is 6.42 Å². The predicted molar refractivity (Wildman–Crippen MR) is 124 cm³/mol. The van der Waals surface area contributed by atoms with Crippen LogP contribution in [0.1, 0.15) is 64.7 Å². The van der Waals surface area contributed by atoms with Crippen LogP contribution in [0.25, 0.3) is 0 Å². The molecular weight excluding hydrogens is 454 g/mol. The number of hydrogen-bond donors (Lipinski definition) is 0. The van der Waals surface area contributed by atoms with E-state index in [2.05, 4.69) is 27.7 Å². The number of ether oxygens (including phenoxy) is 3. The molecular formula is C26H33NO8. The Morgan fingerprint density at radius 2 is 1.49 bits per heavy atom. The van der Waals surface area contributed by atoms with E-state index in [0.717, 1.165) is 6.42 Å². The summed E-state index contributed by atoms with van der Waals surface area (Å²) in [6.07, 6.45) is -0.313. The first kappa shape index (κ1) is 25.1. The van der Waals surface area contributed by atoms with Gasteiger partial charge in [-0.25, -0.2) is 4.79 Å². The minimum absolute atomic E-state index is 0.0324. The third-order valence-corrected chi connectivity index (χ3v) is 8.83. The molecule has 0 radical (unpaired) electrons. The molecule has 0 aromatic heterocycles. The van der Waals surface area contributed by atoms with Crippen molar-refractivity contribution in [3.63, 3.8) is 0 Å². The van der Waals surface area contributed by atoms with Crippen molar-refractivity contribution < 1.29 is 33.5 Å². The Morgan fingerprint density at radius 1 is 0.886 bits per heavy atom. The lowest BCUT2D eigenvalue weighted by molar-refractivity contribution is -0.384. The van der Waals surface area contributed by atoms with Crippen LogP contribution in [0.3, 0.4) is 0 Å². The molecule has 190 valence electrons. The van der Waals surface area contributed by atoms with Crippen LogP contribution in [0, 0.1) is 44.6 Å². The zero-order chi connectivity index (χ0) is 25.9. The maximum atomic E-state index is 13.1. The van der Waals surface area contributed by atoms with E-state index >= 15 is 0 Å². The molecule has 4 bridgehead atoms. The second-order valence-electron chi connectivity index (χ2n) is 11.2. The van der Waals surface area contributed by atoms with Gasteiger partial charge >= 0.3 is 17.9 Å². The first-order chi connectivity index (χ1) is 16.3.